The van der Waals surface area contributed by atoms with Crippen LogP contribution in [0.25, 0.3) is 0 Å². The molecule has 2 unspecified atom stereocenters. The Hall–Kier alpha value is -0.940. The van der Waals surface area contributed by atoms with E-state index < -0.39 is 0 Å². The Morgan fingerprint density at radius 2 is 2.19 bits per heavy atom. The SMILES string of the molecule is O=C(c1ccc(Br)c(F)c1)N1CCCC(C2CCCN2)C1. The number of benzene rings is 1. The Kier molecular flexibility index (Phi) is 4.60. The molecule has 5 heteroatoms. The standard InChI is InChI=1S/C16H20BrFN2O/c17-13-6-5-11(9-14(13)18)16(21)20-8-2-3-12(10-20)15-4-1-7-19-15/h5-6,9,12,15,19H,1-4,7-8,10H2. The molecule has 0 bridgehead atoms. The predicted molar refractivity (Wildman–Crippen MR) is 83.8 cm³/mol. The van der Waals surface area contributed by atoms with Gasteiger partial charge in [-0.25, -0.2) is 4.39 Å². The quantitative estimate of drug-likeness (QED) is 0.884. The molecule has 1 amide bonds. The number of hydrogen-bond acceptors (Lipinski definition) is 2. The van der Waals surface area contributed by atoms with E-state index in [-0.39, 0.29) is 11.7 Å². The molecular weight excluding hydrogens is 335 g/mol. The molecule has 1 N–H and O–H groups in total. The summed E-state index contributed by atoms with van der Waals surface area (Å²) >= 11 is 3.12. The minimum atomic E-state index is -0.383. The van der Waals surface area contributed by atoms with Gasteiger partial charge in [-0.05, 0) is 72.3 Å². The Labute approximate surface area is 133 Å². The topological polar surface area (TPSA) is 32.3 Å². The fraction of sp³-hybridized carbons (Fsp3) is 0.562. The van der Waals surface area contributed by atoms with E-state index in [0.717, 1.165) is 26.1 Å². The summed E-state index contributed by atoms with van der Waals surface area (Å²) in [6.07, 6.45) is 4.65. The van der Waals surface area contributed by atoms with Crippen LogP contribution in [-0.4, -0.2) is 36.5 Å². The van der Waals surface area contributed by atoms with Gasteiger partial charge in [-0.3, -0.25) is 4.79 Å². The molecule has 2 fully saturated rings. The molecular formula is C16H20BrFN2O. The zero-order chi connectivity index (χ0) is 14.8. The first-order chi connectivity index (χ1) is 10.1. The third-order valence-electron chi connectivity index (χ3n) is 4.58. The highest BCUT2D eigenvalue weighted by Gasteiger charge is 2.31. The number of rotatable bonds is 2. The lowest BCUT2D eigenvalue weighted by Gasteiger charge is -2.36. The van der Waals surface area contributed by atoms with Gasteiger partial charge in [0.05, 0.1) is 4.47 Å². The molecule has 2 aliphatic heterocycles. The van der Waals surface area contributed by atoms with Crippen LogP contribution in [-0.2, 0) is 0 Å². The molecule has 0 spiro atoms. The number of likely N-dealkylation sites (tertiary alicyclic amines) is 1. The van der Waals surface area contributed by atoms with Gasteiger partial charge in [0, 0.05) is 24.7 Å². The van der Waals surface area contributed by atoms with Gasteiger partial charge in [0.15, 0.2) is 0 Å². The van der Waals surface area contributed by atoms with Crippen LogP contribution in [0.3, 0.4) is 0 Å². The van der Waals surface area contributed by atoms with Crippen molar-refractivity contribution < 1.29 is 9.18 Å². The van der Waals surface area contributed by atoms with Crippen molar-refractivity contribution in [2.75, 3.05) is 19.6 Å². The van der Waals surface area contributed by atoms with Crippen molar-refractivity contribution in [2.45, 2.75) is 31.7 Å². The maximum Gasteiger partial charge on any atom is 0.253 e. The first-order valence-electron chi connectivity index (χ1n) is 7.63. The molecule has 2 saturated heterocycles. The van der Waals surface area contributed by atoms with Gasteiger partial charge in [0.1, 0.15) is 5.82 Å². The van der Waals surface area contributed by atoms with E-state index in [2.05, 4.69) is 21.2 Å². The summed E-state index contributed by atoms with van der Waals surface area (Å²) < 4.78 is 14.0. The van der Waals surface area contributed by atoms with Crippen molar-refractivity contribution in [3.8, 4) is 0 Å². The molecule has 1 aromatic carbocycles. The van der Waals surface area contributed by atoms with Gasteiger partial charge in [-0.15, -0.1) is 0 Å². The van der Waals surface area contributed by atoms with E-state index in [1.165, 1.54) is 25.3 Å². The lowest BCUT2D eigenvalue weighted by atomic mass is 9.89. The lowest BCUT2D eigenvalue weighted by molar-refractivity contribution is 0.0650. The minimum absolute atomic E-state index is 0.0518. The largest absolute Gasteiger partial charge is 0.338 e. The highest BCUT2D eigenvalue weighted by atomic mass is 79.9. The van der Waals surface area contributed by atoms with Crippen LogP contribution < -0.4 is 5.32 Å². The van der Waals surface area contributed by atoms with E-state index in [1.807, 2.05) is 4.90 Å². The number of carbonyl (C=O) groups is 1. The maximum absolute atomic E-state index is 13.6. The van der Waals surface area contributed by atoms with E-state index in [1.54, 1.807) is 12.1 Å². The second-order valence-electron chi connectivity index (χ2n) is 5.99. The second-order valence-corrected chi connectivity index (χ2v) is 6.84. The minimum Gasteiger partial charge on any atom is -0.338 e. The Morgan fingerprint density at radius 1 is 1.33 bits per heavy atom. The van der Waals surface area contributed by atoms with Crippen molar-refractivity contribution in [1.29, 1.82) is 0 Å². The van der Waals surface area contributed by atoms with Crippen molar-refractivity contribution in [2.24, 2.45) is 5.92 Å². The normalized spacial score (nSPS) is 26.1. The Bertz CT molecular complexity index is 531. The summed E-state index contributed by atoms with van der Waals surface area (Å²) in [5, 5.41) is 3.54. The smallest absolute Gasteiger partial charge is 0.253 e. The fourth-order valence-electron chi connectivity index (χ4n) is 3.45. The van der Waals surface area contributed by atoms with Gasteiger partial charge in [0.2, 0.25) is 0 Å². The van der Waals surface area contributed by atoms with Crippen LogP contribution in [0.5, 0.6) is 0 Å². The molecule has 2 aliphatic rings. The number of amides is 1. The summed E-state index contributed by atoms with van der Waals surface area (Å²) in [4.78, 5) is 14.4. The monoisotopic (exact) mass is 354 g/mol. The van der Waals surface area contributed by atoms with Crippen molar-refractivity contribution in [3.63, 3.8) is 0 Å². The Morgan fingerprint density at radius 3 is 2.90 bits per heavy atom. The molecule has 21 heavy (non-hydrogen) atoms. The molecule has 0 saturated carbocycles. The summed E-state index contributed by atoms with van der Waals surface area (Å²) in [6, 6.07) is 5.15. The average Bonchev–Trinajstić information content (AvgIpc) is 3.04. The number of nitrogens with one attached hydrogen (secondary N) is 1. The van der Waals surface area contributed by atoms with Gasteiger partial charge < -0.3 is 10.2 Å². The average molecular weight is 355 g/mol. The van der Waals surface area contributed by atoms with Crippen LogP contribution in [0, 0.1) is 11.7 Å². The molecule has 0 aliphatic carbocycles. The Balaban J connectivity index is 1.70. The summed E-state index contributed by atoms with van der Waals surface area (Å²) in [5.74, 6) is 0.0986. The number of hydrogen-bond donors (Lipinski definition) is 1. The van der Waals surface area contributed by atoms with Crippen molar-refractivity contribution >= 4 is 21.8 Å². The molecule has 3 nitrogen and oxygen atoms in total. The molecule has 0 aromatic heterocycles. The lowest BCUT2D eigenvalue weighted by Crippen LogP contribution is -2.45. The molecule has 114 valence electrons. The summed E-state index contributed by atoms with van der Waals surface area (Å²) in [5.41, 5.74) is 0.440. The maximum atomic E-state index is 13.6. The van der Waals surface area contributed by atoms with Gasteiger partial charge in [-0.1, -0.05) is 0 Å². The highest BCUT2D eigenvalue weighted by molar-refractivity contribution is 9.10. The van der Waals surface area contributed by atoms with E-state index in [9.17, 15) is 9.18 Å². The van der Waals surface area contributed by atoms with Crippen molar-refractivity contribution in [3.05, 3.63) is 34.1 Å². The predicted octanol–water partition coefficient (Wildman–Crippen LogP) is 3.19. The van der Waals surface area contributed by atoms with Crippen LogP contribution >= 0.6 is 15.9 Å². The number of halogens is 2. The first-order valence-corrected chi connectivity index (χ1v) is 8.42. The fourth-order valence-corrected chi connectivity index (χ4v) is 3.70. The first kappa shape index (κ1) is 15.0. The number of piperidine rings is 1. The summed E-state index contributed by atoms with van der Waals surface area (Å²) in [6.45, 7) is 2.65. The third-order valence-corrected chi connectivity index (χ3v) is 5.22. The van der Waals surface area contributed by atoms with Crippen LogP contribution in [0.4, 0.5) is 4.39 Å². The zero-order valence-electron chi connectivity index (χ0n) is 11.9. The highest BCUT2D eigenvalue weighted by Crippen LogP contribution is 2.26. The molecule has 2 heterocycles. The third kappa shape index (κ3) is 3.29. The van der Waals surface area contributed by atoms with Crippen molar-refractivity contribution in [1.82, 2.24) is 10.2 Å². The van der Waals surface area contributed by atoms with Crippen LogP contribution in [0.15, 0.2) is 22.7 Å². The second kappa shape index (κ2) is 6.44. The zero-order valence-corrected chi connectivity index (χ0v) is 13.5. The van der Waals surface area contributed by atoms with Crippen LogP contribution in [0.1, 0.15) is 36.0 Å². The number of carbonyl (C=O) groups excluding carboxylic acids is 1. The number of nitrogens with zero attached hydrogens (tertiary/aromatic N) is 1. The van der Waals surface area contributed by atoms with E-state index in [0.29, 0.717) is 22.0 Å². The van der Waals surface area contributed by atoms with Gasteiger partial charge >= 0.3 is 0 Å². The molecule has 1 aromatic rings. The summed E-state index contributed by atoms with van der Waals surface area (Å²) in [7, 11) is 0. The van der Waals surface area contributed by atoms with Crippen LogP contribution in [0.2, 0.25) is 0 Å². The van der Waals surface area contributed by atoms with Gasteiger partial charge in [0.25, 0.3) is 5.91 Å². The van der Waals surface area contributed by atoms with E-state index >= 15 is 0 Å². The molecule has 2 atom stereocenters. The van der Waals surface area contributed by atoms with Gasteiger partial charge in [-0.2, -0.15) is 0 Å². The molecule has 0 radical (unpaired) electrons. The van der Waals surface area contributed by atoms with E-state index in [4.69, 9.17) is 0 Å². The molecule has 3 rings (SSSR count).